The predicted octanol–water partition coefficient (Wildman–Crippen LogP) is 3.66. The summed E-state index contributed by atoms with van der Waals surface area (Å²) in [6.07, 6.45) is 2.72. The number of furan rings is 1. The van der Waals surface area contributed by atoms with Crippen LogP contribution in [-0.4, -0.2) is 30.6 Å². The molecule has 0 radical (unpaired) electrons. The molecule has 2 N–H and O–H groups in total. The summed E-state index contributed by atoms with van der Waals surface area (Å²) in [5, 5.41) is 5.74. The van der Waals surface area contributed by atoms with Gasteiger partial charge in [0.25, 0.3) is 5.91 Å². The third-order valence-electron chi connectivity index (χ3n) is 5.48. The van der Waals surface area contributed by atoms with Crippen LogP contribution in [0.1, 0.15) is 41.1 Å². The molecule has 0 unspecified atom stereocenters. The molecule has 0 spiro atoms. The summed E-state index contributed by atoms with van der Waals surface area (Å²) in [7, 11) is 0. The molecule has 1 aliphatic heterocycles. The van der Waals surface area contributed by atoms with Crippen LogP contribution in [0.2, 0.25) is 0 Å². The number of fused-ring (bicyclic) bond motifs is 1. The smallest absolute Gasteiger partial charge is 0.287 e. The summed E-state index contributed by atoms with van der Waals surface area (Å²) in [6.45, 7) is 4.72. The number of ether oxygens (including phenoxy) is 2. The lowest BCUT2D eigenvalue weighted by Gasteiger charge is -2.19. The fraction of sp³-hybridized carbons (Fsp3) is 0.308. The molecule has 0 aliphatic carbocycles. The zero-order valence-electron chi connectivity index (χ0n) is 18.8. The Kier molecular flexibility index (Phi) is 6.98. The first-order valence-corrected chi connectivity index (χ1v) is 11.1. The molecule has 0 fully saturated rings. The van der Waals surface area contributed by atoms with E-state index >= 15 is 0 Å². The van der Waals surface area contributed by atoms with Gasteiger partial charge >= 0.3 is 0 Å². The Balaban J connectivity index is 1.49. The lowest BCUT2D eigenvalue weighted by Crippen LogP contribution is -2.47. The van der Waals surface area contributed by atoms with Crippen LogP contribution in [0.5, 0.6) is 11.5 Å². The van der Waals surface area contributed by atoms with Crippen LogP contribution in [-0.2, 0) is 24.2 Å². The molecule has 1 aromatic heterocycles. The average Bonchev–Trinajstić information content (AvgIpc) is 3.47. The second-order valence-electron chi connectivity index (χ2n) is 8.04. The van der Waals surface area contributed by atoms with Gasteiger partial charge in [-0.1, -0.05) is 30.3 Å². The maximum absolute atomic E-state index is 13.2. The number of rotatable bonds is 9. The molecule has 2 heterocycles. The molecule has 2 atom stereocenters. The van der Waals surface area contributed by atoms with Crippen molar-refractivity contribution in [3.63, 3.8) is 0 Å². The first kappa shape index (κ1) is 22.5. The van der Waals surface area contributed by atoms with Crippen LogP contribution in [0.3, 0.4) is 0 Å². The Morgan fingerprint density at radius 3 is 2.70 bits per heavy atom. The number of carbonyl (C=O) groups excluding carboxylic acids is 2. The van der Waals surface area contributed by atoms with E-state index < -0.39 is 11.9 Å². The number of carbonyl (C=O) groups is 2. The number of hydrogen-bond acceptors (Lipinski definition) is 5. The molecule has 4 rings (SSSR count). The summed E-state index contributed by atoms with van der Waals surface area (Å²) in [6, 6.07) is 15.9. The quantitative estimate of drug-likeness (QED) is 0.522. The van der Waals surface area contributed by atoms with E-state index in [0.717, 1.165) is 34.6 Å². The normalized spacial score (nSPS) is 15.3. The summed E-state index contributed by atoms with van der Waals surface area (Å²) in [5.41, 5.74) is 2.87. The Bertz CT molecular complexity index is 1100. The molecule has 3 aromatic rings. The molecular weight excluding hydrogens is 420 g/mol. The van der Waals surface area contributed by atoms with Crippen molar-refractivity contribution >= 4 is 11.8 Å². The van der Waals surface area contributed by atoms with Crippen molar-refractivity contribution in [3.8, 4) is 11.5 Å². The van der Waals surface area contributed by atoms with Crippen molar-refractivity contribution in [1.82, 2.24) is 10.6 Å². The second-order valence-corrected chi connectivity index (χ2v) is 8.04. The van der Waals surface area contributed by atoms with Gasteiger partial charge in [0.05, 0.1) is 12.9 Å². The molecular formula is C26H28N2O5. The first-order valence-electron chi connectivity index (χ1n) is 11.1. The average molecular weight is 449 g/mol. The van der Waals surface area contributed by atoms with Crippen molar-refractivity contribution in [3.05, 3.63) is 83.3 Å². The molecule has 2 aromatic carbocycles. The van der Waals surface area contributed by atoms with E-state index in [-0.39, 0.29) is 24.3 Å². The highest BCUT2D eigenvalue weighted by molar-refractivity contribution is 5.95. The molecule has 7 heteroatoms. The van der Waals surface area contributed by atoms with Gasteiger partial charge in [-0.15, -0.1) is 0 Å². The van der Waals surface area contributed by atoms with E-state index in [1.54, 1.807) is 12.1 Å². The minimum Gasteiger partial charge on any atom is -0.494 e. The highest BCUT2D eigenvalue weighted by Gasteiger charge is 2.25. The van der Waals surface area contributed by atoms with Gasteiger partial charge in [-0.2, -0.15) is 0 Å². The molecule has 7 nitrogen and oxygen atoms in total. The monoisotopic (exact) mass is 448 g/mol. The van der Waals surface area contributed by atoms with Crippen LogP contribution < -0.4 is 20.1 Å². The minimum atomic E-state index is -0.772. The van der Waals surface area contributed by atoms with Crippen LogP contribution in [0.25, 0.3) is 0 Å². The highest BCUT2D eigenvalue weighted by Crippen LogP contribution is 2.35. The number of amides is 2. The molecule has 0 bridgehead atoms. The summed E-state index contributed by atoms with van der Waals surface area (Å²) < 4.78 is 16.9. The van der Waals surface area contributed by atoms with E-state index in [1.165, 1.54) is 6.26 Å². The standard InChI is InChI=1S/C26H28N2O5/c1-3-31-23-14-19-12-17(2)33-24(19)15-20(23)16-27-25(29)21(13-18-8-5-4-6-9-18)28-26(30)22-10-7-11-32-22/h4-11,14-15,17,21H,3,12-13,16H2,1-2H3,(H,27,29)(H,28,30)/t17-,21+/m0/s1. The van der Waals surface area contributed by atoms with Crippen molar-refractivity contribution in [2.24, 2.45) is 0 Å². The third kappa shape index (κ3) is 5.55. The fourth-order valence-electron chi connectivity index (χ4n) is 3.91. The van der Waals surface area contributed by atoms with Gasteiger partial charge in [0, 0.05) is 30.5 Å². The molecule has 0 saturated heterocycles. The Hall–Kier alpha value is -3.74. The number of benzene rings is 2. The summed E-state index contributed by atoms with van der Waals surface area (Å²) in [5.74, 6) is 0.974. The van der Waals surface area contributed by atoms with Crippen molar-refractivity contribution < 1.29 is 23.5 Å². The van der Waals surface area contributed by atoms with Crippen LogP contribution in [0.4, 0.5) is 0 Å². The van der Waals surface area contributed by atoms with E-state index in [9.17, 15) is 9.59 Å². The van der Waals surface area contributed by atoms with Crippen molar-refractivity contribution in [1.29, 1.82) is 0 Å². The molecule has 2 amide bonds. The van der Waals surface area contributed by atoms with E-state index in [2.05, 4.69) is 10.6 Å². The second kappa shape index (κ2) is 10.3. The van der Waals surface area contributed by atoms with Crippen LogP contribution >= 0.6 is 0 Å². The molecule has 33 heavy (non-hydrogen) atoms. The predicted molar refractivity (Wildman–Crippen MR) is 123 cm³/mol. The number of hydrogen-bond donors (Lipinski definition) is 2. The zero-order chi connectivity index (χ0) is 23.2. The summed E-state index contributed by atoms with van der Waals surface area (Å²) in [4.78, 5) is 25.7. The molecule has 172 valence electrons. The van der Waals surface area contributed by atoms with E-state index in [1.807, 2.05) is 56.3 Å². The lowest BCUT2D eigenvalue weighted by atomic mass is 10.0. The van der Waals surface area contributed by atoms with Crippen LogP contribution in [0.15, 0.2) is 65.3 Å². The van der Waals surface area contributed by atoms with Gasteiger partial charge in [0.1, 0.15) is 23.6 Å². The van der Waals surface area contributed by atoms with Gasteiger partial charge in [0.15, 0.2) is 5.76 Å². The minimum absolute atomic E-state index is 0.117. The van der Waals surface area contributed by atoms with E-state index in [4.69, 9.17) is 13.9 Å². The first-order chi connectivity index (χ1) is 16.0. The Labute approximate surface area is 193 Å². The maximum atomic E-state index is 13.2. The zero-order valence-corrected chi connectivity index (χ0v) is 18.8. The van der Waals surface area contributed by atoms with Crippen molar-refractivity contribution in [2.75, 3.05) is 6.61 Å². The van der Waals surface area contributed by atoms with Crippen LogP contribution in [0, 0.1) is 0 Å². The largest absolute Gasteiger partial charge is 0.494 e. The SMILES string of the molecule is CCOc1cc2c(cc1CNC(=O)[C@@H](Cc1ccccc1)NC(=O)c1ccco1)O[C@@H](C)C2. The Morgan fingerprint density at radius 1 is 1.15 bits per heavy atom. The van der Waals surface area contributed by atoms with Gasteiger partial charge < -0.3 is 24.5 Å². The van der Waals surface area contributed by atoms with Gasteiger partial charge in [0.2, 0.25) is 5.91 Å². The van der Waals surface area contributed by atoms with Gasteiger partial charge in [-0.25, -0.2) is 0 Å². The Morgan fingerprint density at radius 2 is 1.97 bits per heavy atom. The summed E-state index contributed by atoms with van der Waals surface area (Å²) >= 11 is 0. The fourth-order valence-corrected chi connectivity index (χ4v) is 3.91. The lowest BCUT2D eigenvalue weighted by molar-refractivity contribution is -0.123. The third-order valence-corrected chi connectivity index (χ3v) is 5.48. The van der Waals surface area contributed by atoms with Crippen molar-refractivity contribution in [2.45, 2.75) is 45.4 Å². The highest BCUT2D eigenvalue weighted by atomic mass is 16.5. The number of nitrogens with one attached hydrogen (secondary N) is 2. The maximum Gasteiger partial charge on any atom is 0.287 e. The van der Waals surface area contributed by atoms with E-state index in [0.29, 0.717) is 13.0 Å². The van der Waals surface area contributed by atoms with Gasteiger partial charge in [-0.05, 0) is 43.7 Å². The molecule has 0 saturated carbocycles. The topological polar surface area (TPSA) is 89.8 Å². The van der Waals surface area contributed by atoms with Gasteiger partial charge in [-0.3, -0.25) is 9.59 Å². The molecule has 1 aliphatic rings.